The smallest absolute Gasteiger partial charge is 0.211 e. The first kappa shape index (κ1) is 22.4. The summed E-state index contributed by atoms with van der Waals surface area (Å²) in [4.78, 5) is 9.12. The number of aliphatic imine (C=N–C) groups is 1. The Morgan fingerprint density at radius 1 is 0.640 bits per heavy atom. The van der Waals surface area contributed by atoms with E-state index in [1.807, 2.05) is 83.8 Å². The van der Waals surface area contributed by atoms with Crippen molar-refractivity contribution >= 4 is 23.0 Å². The predicted octanol–water partition coefficient (Wildman–Crippen LogP) is 11.5. The van der Waals surface area contributed by atoms with Gasteiger partial charge < -0.3 is 9.64 Å². The summed E-state index contributed by atoms with van der Waals surface area (Å²) in [6, 6.07) is 28.7. The van der Waals surface area contributed by atoms with Gasteiger partial charge in [-0.2, -0.15) is 0 Å². The summed E-state index contributed by atoms with van der Waals surface area (Å²) in [5, 5.41) is 0. The van der Waals surface area contributed by atoms with Crippen LogP contribution in [0.5, 0.6) is 11.5 Å². The Morgan fingerprint density at radius 3 is 2.10 bits per heavy atom. The molecule has 248 valence electrons. The number of aryl methyl sites for hydroxylation is 3. The molecule has 5 aromatic carbocycles. The number of hydrogen-bond donors (Lipinski definition) is 0. The number of rotatable bonds is 3. The van der Waals surface area contributed by atoms with Crippen molar-refractivity contribution in [1.82, 2.24) is 0 Å². The SMILES string of the molecule is [2H]C([2H])([2H])c1cc(N2C3=NC4C=CC=CC4N3c3ccccc32)ccc1-c1cc(C([2H])([2H])[2H])c(-c2cccc3c2Oc2ccccc2C(C)(C)C3(C)C)cc1C([2H])([2H])[2H]. The Bertz CT molecular complexity index is 2650. The maximum Gasteiger partial charge on any atom is 0.211 e. The van der Waals surface area contributed by atoms with Crippen molar-refractivity contribution < 1.29 is 17.1 Å². The molecular weight excluding hydrogens is 611 g/mol. The summed E-state index contributed by atoms with van der Waals surface area (Å²) in [6.45, 7) is 0.334. The molecule has 0 bridgehead atoms. The van der Waals surface area contributed by atoms with E-state index in [9.17, 15) is 0 Å². The van der Waals surface area contributed by atoms with Gasteiger partial charge in [0.2, 0.25) is 5.96 Å². The second kappa shape index (κ2) is 10.8. The van der Waals surface area contributed by atoms with Crippen LogP contribution < -0.4 is 14.5 Å². The van der Waals surface area contributed by atoms with Crippen molar-refractivity contribution in [2.75, 3.05) is 9.80 Å². The summed E-state index contributed by atoms with van der Waals surface area (Å²) < 4.78 is 86.0. The number of anilines is 3. The Morgan fingerprint density at radius 2 is 1.30 bits per heavy atom. The molecule has 0 spiro atoms. The molecule has 2 atom stereocenters. The number of allylic oxidation sites excluding steroid dienone is 2. The average Bonchev–Trinajstić information content (AvgIpc) is 3.69. The number of guanidine groups is 1. The fourth-order valence-corrected chi connectivity index (χ4v) is 8.08. The monoisotopic (exact) mass is 662 g/mol. The number of nitrogens with zero attached hydrogens (tertiary/aromatic N) is 3. The Labute approximate surface area is 308 Å². The lowest BCUT2D eigenvalue weighted by atomic mass is 9.61. The first-order valence-corrected chi connectivity index (χ1v) is 17.1. The lowest BCUT2D eigenvalue weighted by Crippen LogP contribution is -2.39. The zero-order chi connectivity index (χ0) is 42.0. The molecule has 3 aliphatic heterocycles. The quantitative estimate of drug-likeness (QED) is 0.192. The topological polar surface area (TPSA) is 28.1 Å². The first-order valence-electron chi connectivity index (χ1n) is 21.6. The van der Waals surface area contributed by atoms with E-state index in [-0.39, 0.29) is 45.5 Å². The molecular formula is C46H43N3O. The molecule has 1 aliphatic carbocycles. The van der Waals surface area contributed by atoms with Crippen LogP contribution in [0.25, 0.3) is 22.3 Å². The maximum absolute atomic E-state index is 8.83. The third kappa shape index (κ3) is 4.27. The van der Waals surface area contributed by atoms with Gasteiger partial charge in [0.1, 0.15) is 11.5 Å². The molecule has 4 heteroatoms. The number of para-hydroxylation sites is 4. The third-order valence-electron chi connectivity index (χ3n) is 11.5. The molecule has 2 unspecified atom stereocenters. The second-order valence-electron chi connectivity index (χ2n) is 14.6. The Balaban J connectivity index is 1.26. The van der Waals surface area contributed by atoms with Crippen molar-refractivity contribution in [2.45, 2.75) is 71.2 Å². The lowest BCUT2D eigenvalue weighted by molar-refractivity contribution is 0.306. The number of hydrogen-bond acceptors (Lipinski definition) is 4. The van der Waals surface area contributed by atoms with Gasteiger partial charge in [-0.15, -0.1) is 0 Å². The summed E-state index contributed by atoms with van der Waals surface area (Å²) >= 11 is 0. The van der Waals surface area contributed by atoms with Crippen molar-refractivity contribution in [3.63, 3.8) is 0 Å². The molecule has 9 rings (SSSR count). The number of fused-ring (bicyclic) bond motifs is 7. The largest absolute Gasteiger partial charge is 0.456 e. The fraction of sp³-hybridized carbons (Fsp3) is 0.239. The van der Waals surface area contributed by atoms with E-state index in [1.165, 1.54) is 12.1 Å². The molecule has 50 heavy (non-hydrogen) atoms. The van der Waals surface area contributed by atoms with Gasteiger partial charge in [0.15, 0.2) is 0 Å². The molecule has 4 nitrogen and oxygen atoms in total. The van der Waals surface area contributed by atoms with Crippen LogP contribution >= 0.6 is 0 Å². The van der Waals surface area contributed by atoms with E-state index in [0.29, 0.717) is 28.7 Å². The average molecular weight is 663 g/mol. The zero-order valence-electron chi connectivity index (χ0n) is 37.5. The molecule has 0 fully saturated rings. The molecule has 0 saturated carbocycles. The second-order valence-corrected chi connectivity index (χ2v) is 14.6. The molecule has 0 aromatic heterocycles. The number of ether oxygens (including phenoxy) is 1. The van der Waals surface area contributed by atoms with E-state index < -0.39 is 31.4 Å². The van der Waals surface area contributed by atoms with Gasteiger partial charge >= 0.3 is 0 Å². The molecule has 0 saturated heterocycles. The summed E-state index contributed by atoms with van der Waals surface area (Å²) in [5.74, 6) is 1.72. The molecule has 4 aliphatic rings. The molecule has 3 heterocycles. The van der Waals surface area contributed by atoms with Crippen LogP contribution in [0.15, 0.2) is 126 Å². The van der Waals surface area contributed by atoms with Crippen molar-refractivity contribution in [3.05, 3.63) is 149 Å². The molecule has 0 N–H and O–H groups in total. The van der Waals surface area contributed by atoms with Crippen molar-refractivity contribution in [2.24, 2.45) is 4.99 Å². The lowest BCUT2D eigenvalue weighted by Gasteiger charge is -2.41. The van der Waals surface area contributed by atoms with Crippen LogP contribution in [0, 0.1) is 20.6 Å². The normalized spacial score (nSPS) is 23.7. The highest BCUT2D eigenvalue weighted by Gasteiger charge is 2.46. The fourth-order valence-electron chi connectivity index (χ4n) is 8.08. The maximum atomic E-state index is 8.83. The highest BCUT2D eigenvalue weighted by Crippen LogP contribution is 2.55. The number of benzene rings is 5. The van der Waals surface area contributed by atoms with Gasteiger partial charge in [-0.1, -0.05) is 119 Å². The predicted molar refractivity (Wildman–Crippen MR) is 208 cm³/mol. The molecule has 5 aromatic rings. The van der Waals surface area contributed by atoms with Gasteiger partial charge in [-0.25, -0.2) is 4.99 Å². The minimum Gasteiger partial charge on any atom is -0.456 e. The minimum atomic E-state index is -2.77. The van der Waals surface area contributed by atoms with Crippen LogP contribution in [0.2, 0.25) is 0 Å². The summed E-state index contributed by atoms with van der Waals surface area (Å²) in [7, 11) is 0. The van der Waals surface area contributed by atoms with Crippen molar-refractivity contribution in [1.29, 1.82) is 0 Å². The molecule has 0 amide bonds. The highest BCUT2D eigenvalue weighted by molar-refractivity contribution is 6.22. The highest BCUT2D eigenvalue weighted by atomic mass is 16.5. The Kier molecular flexibility index (Phi) is 4.85. The van der Waals surface area contributed by atoms with Crippen LogP contribution in [0.4, 0.5) is 17.1 Å². The van der Waals surface area contributed by atoms with E-state index in [0.717, 1.165) is 22.5 Å². The standard InChI is InChI=1S/C46H43N3O/c1-28-25-31(48-40-20-11-12-21-41(40)49-39-19-10-9-18-38(39)47-44(48)49)23-24-32(28)34-26-30(3)35(27-29(34)2)33-15-14-17-37-43(33)50-42-22-13-8-16-36(42)45(4,5)46(37,6)7/h8-27,38-39H,1-7H3/i1D3,2D3,3D3. The van der Waals surface area contributed by atoms with Crippen LogP contribution in [-0.4, -0.2) is 18.0 Å². The third-order valence-corrected chi connectivity index (χ3v) is 11.5. The van der Waals surface area contributed by atoms with Gasteiger partial charge in [0.25, 0.3) is 0 Å². The van der Waals surface area contributed by atoms with Gasteiger partial charge in [0, 0.05) is 45.5 Å². The van der Waals surface area contributed by atoms with Crippen LogP contribution in [0.1, 0.15) is 67.8 Å². The van der Waals surface area contributed by atoms with E-state index >= 15 is 0 Å². The van der Waals surface area contributed by atoms with Gasteiger partial charge in [0.05, 0.1) is 23.5 Å². The van der Waals surface area contributed by atoms with Crippen molar-refractivity contribution in [3.8, 4) is 33.8 Å². The van der Waals surface area contributed by atoms with Gasteiger partial charge in [-0.3, -0.25) is 4.90 Å². The van der Waals surface area contributed by atoms with E-state index in [2.05, 4.69) is 38.7 Å². The van der Waals surface area contributed by atoms with Crippen LogP contribution in [0.3, 0.4) is 0 Å². The van der Waals surface area contributed by atoms with E-state index in [1.54, 1.807) is 24.3 Å². The minimum absolute atomic E-state index is 0.00949. The summed E-state index contributed by atoms with van der Waals surface area (Å²) in [6.07, 6.45) is 8.10. The Hall–Kier alpha value is -5.35. The van der Waals surface area contributed by atoms with Crippen LogP contribution in [-0.2, 0) is 10.8 Å². The van der Waals surface area contributed by atoms with Gasteiger partial charge in [-0.05, 0) is 84.3 Å². The summed E-state index contributed by atoms with van der Waals surface area (Å²) in [5.41, 5.74) is 3.47. The first-order chi connectivity index (χ1) is 27.7. The van der Waals surface area contributed by atoms with E-state index in [4.69, 9.17) is 22.1 Å². The zero-order valence-corrected chi connectivity index (χ0v) is 28.5. The molecule has 0 radical (unpaired) electrons.